The average Bonchev–Trinajstić information content (AvgIpc) is 2.96. The minimum Gasteiger partial charge on any atom is -0.309 e. The number of carbonyl (C=O) groups is 1. The van der Waals surface area contributed by atoms with E-state index in [4.69, 9.17) is 0 Å². The van der Waals surface area contributed by atoms with Crippen molar-refractivity contribution in [1.82, 2.24) is 0 Å². The van der Waals surface area contributed by atoms with Crippen molar-refractivity contribution in [2.75, 3.05) is 11.2 Å². The largest absolute Gasteiger partial charge is 0.309 e. The highest BCUT2D eigenvalue weighted by atomic mass is 32.2. The molecule has 0 bridgehead atoms. The number of amides is 1. The van der Waals surface area contributed by atoms with Gasteiger partial charge in [0, 0.05) is 23.9 Å². The maximum Gasteiger partial charge on any atom is 0.231 e. The average molecular weight is 424 g/mol. The summed E-state index contributed by atoms with van der Waals surface area (Å²) in [5, 5.41) is 0. The molecule has 5 heteroatoms. The smallest absolute Gasteiger partial charge is 0.231 e. The van der Waals surface area contributed by atoms with Crippen LogP contribution in [0, 0.1) is 18.8 Å². The molecule has 0 aromatic heterocycles. The van der Waals surface area contributed by atoms with E-state index in [1.807, 2.05) is 12.1 Å². The van der Waals surface area contributed by atoms with Crippen LogP contribution in [0.15, 0.2) is 47.4 Å². The van der Waals surface area contributed by atoms with Crippen LogP contribution in [0.5, 0.6) is 0 Å². The van der Waals surface area contributed by atoms with Crippen molar-refractivity contribution in [3.63, 3.8) is 0 Å². The van der Waals surface area contributed by atoms with Gasteiger partial charge in [-0.05, 0) is 73.4 Å². The molecule has 158 valence electrons. The lowest BCUT2D eigenvalue weighted by Gasteiger charge is -2.39. The van der Waals surface area contributed by atoms with Gasteiger partial charge in [-0.2, -0.15) is 0 Å². The molecule has 1 aliphatic heterocycles. The number of nitrogens with zero attached hydrogens (tertiary/aromatic N) is 1. The van der Waals surface area contributed by atoms with Gasteiger partial charge < -0.3 is 4.90 Å². The first-order chi connectivity index (χ1) is 14.3. The van der Waals surface area contributed by atoms with E-state index < -0.39 is 9.84 Å². The van der Waals surface area contributed by atoms with Gasteiger partial charge >= 0.3 is 0 Å². The first-order valence-electron chi connectivity index (χ1n) is 11.1. The van der Waals surface area contributed by atoms with Gasteiger partial charge in [-0.15, -0.1) is 0 Å². The van der Waals surface area contributed by atoms with Gasteiger partial charge in [0.1, 0.15) is 0 Å². The van der Waals surface area contributed by atoms with Crippen LogP contribution in [0.3, 0.4) is 0 Å². The lowest BCUT2D eigenvalue weighted by molar-refractivity contribution is -0.121. The molecular formula is C25H29NO3S. The molecule has 1 amide bonds. The van der Waals surface area contributed by atoms with Crippen molar-refractivity contribution in [3.8, 4) is 0 Å². The van der Waals surface area contributed by atoms with Gasteiger partial charge in [0.25, 0.3) is 0 Å². The number of rotatable bonds is 2. The van der Waals surface area contributed by atoms with Crippen molar-refractivity contribution in [3.05, 3.63) is 59.2 Å². The summed E-state index contributed by atoms with van der Waals surface area (Å²) in [7, 11) is -3.25. The molecule has 1 saturated carbocycles. The fourth-order valence-electron chi connectivity index (χ4n) is 6.09. The molecule has 4 unspecified atom stereocenters. The maximum atomic E-state index is 13.7. The zero-order chi connectivity index (χ0) is 21.0. The maximum absolute atomic E-state index is 13.7. The normalized spacial score (nSPS) is 28.5. The molecule has 4 atom stereocenters. The van der Waals surface area contributed by atoms with E-state index >= 15 is 0 Å². The summed E-state index contributed by atoms with van der Waals surface area (Å²) in [6.45, 7) is 2.07. The molecule has 3 aliphatic rings. The van der Waals surface area contributed by atoms with Gasteiger partial charge in [-0.25, -0.2) is 8.42 Å². The predicted molar refractivity (Wildman–Crippen MR) is 119 cm³/mol. The summed E-state index contributed by atoms with van der Waals surface area (Å²) < 4.78 is 24.4. The topological polar surface area (TPSA) is 54.5 Å². The molecule has 0 N–H and O–H groups in total. The SMILES string of the molecule is Cc1ccc(N2C(=O)C3Cc4ccc(S(C)(=O)=O)cc4C4CCCCCC2C34)cc1. The summed E-state index contributed by atoms with van der Waals surface area (Å²) in [5.41, 5.74) is 4.53. The molecule has 1 saturated heterocycles. The molecule has 0 spiro atoms. The van der Waals surface area contributed by atoms with Crippen LogP contribution < -0.4 is 4.90 Å². The third kappa shape index (κ3) is 3.18. The Hall–Kier alpha value is -2.14. The molecule has 30 heavy (non-hydrogen) atoms. The highest BCUT2D eigenvalue weighted by molar-refractivity contribution is 7.90. The zero-order valence-electron chi connectivity index (χ0n) is 17.7. The summed E-state index contributed by atoms with van der Waals surface area (Å²) in [5.74, 6) is 0.765. The van der Waals surface area contributed by atoms with Gasteiger partial charge in [0.05, 0.1) is 4.90 Å². The van der Waals surface area contributed by atoms with Gasteiger partial charge in [-0.1, -0.05) is 43.0 Å². The van der Waals surface area contributed by atoms with E-state index in [0.29, 0.717) is 4.90 Å². The molecule has 0 radical (unpaired) electrons. The molecular weight excluding hydrogens is 394 g/mol. The van der Waals surface area contributed by atoms with E-state index in [1.165, 1.54) is 23.8 Å². The number of fused-ring (bicyclic) bond motifs is 2. The summed E-state index contributed by atoms with van der Waals surface area (Å²) in [4.78, 5) is 16.1. The molecule has 1 heterocycles. The highest BCUT2D eigenvalue weighted by Crippen LogP contribution is 2.52. The Balaban J connectivity index is 1.62. The standard InChI is InChI=1S/C25H29NO3S/c1-16-8-11-18(12-9-16)26-23-7-5-3-4-6-20-21-15-19(30(2,28)29)13-10-17(21)14-22(24(20)23)25(26)27/h8-13,15,20,22-24H,3-7,14H2,1-2H3. The van der Waals surface area contributed by atoms with Crippen molar-refractivity contribution < 1.29 is 13.2 Å². The molecule has 2 fully saturated rings. The van der Waals surface area contributed by atoms with Crippen molar-refractivity contribution in [2.45, 2.75) is 62.3 Å². The summed E-state index contributed by atoms with van der Waals surface area (Å²) in [6.07, 6.45) is 7.51. The summed E-state index contributed by atoms with van der Waals surface area (Å²) in [6, 6.07) is 14.1. The van der Waals surface area contributed by atoms with Crippen LogP contribution in [-0.2, 0) is 21.1 Å². The molecule has 2 aromatic carbocycles. The van der Waals surface area contributed by atoms with Crippen LogP contribution in [-0.4, -0.2) is 26.6 Å². The fourth-order valence-corrected chi connectivity index (χ4v) is 6.74. The van der Waals surface area contributed by atoms with Crippen molar-refractivity contribution in [1.29, 1.82) is 0 Å². The summed E-state index contributed by atoms with van der Waals surface area (Å²) >= 11 is 0. The van der Waals surface area contributed by atoms with E-state index in [1.54, 1.807) is 6.07 Å². The Morgan fingerprint density at radius 3 is 2.40 bits per heavy atom. The number of hydrogen-bond acceptors (Lipinski definition) is 3. The van der Waals surface area contributed by atoms with E-state index in [9.17, 15) is 13.2 Å². The Kier molecular flexibility index (Phi) is 4.77. The Labute approximate surface area is 179 Å². The molecule has 5 rings (SSSR count). The van der Waals surface area contributed by atoms with Gasteiger partial charge in [0.2, 0.25) is 5.91 Å². The van der Waals surface area contributed by atoms with E-state index in [2.05, 4.69) is 36.1 Å². The van der Waals surface area contributed by atoms with Gasteiger partial charge in [0.15, 0.2) is 9.84 Å². The number of aryl methyl sites for hydroxylation is 1. The number of hydrogen-bond donors (Lipinski definition) is 0. The van der Waals surface area contributed by atoms with Crippen molar-refractivity contribution in [2.24, 2.45) is 11.8 Å². The highest BCUT2D eigenvalue weighted by Gasteiger charge is 2.53. The second kappa shape index (κ2) is 7.23. The number of carbonyl (C=O) groups excluding carboxylic acids is 1. The minimum absolute atomic E-state index is 0.00372. The second-order valence-electron chi connectivity index (χ2n) is 9.38. The first kappa shape index (κ1) is 19.8. The lowest BCUT2D eigenvalue weighted by Crippen LogP contribution is -2.38. The zero-order valence-corrected chi connectivity index (χ0v) is 18.5. The molecule has 2 aliphatic carbocycles. The fraction of sp³-hybridized carbons (Fsp3) is 0.480. The third-order valence-corrected chi connectivity index (χ3v) is 8.58. The second-order valence-corrected chi connectivity index (χ2v) is 11.4. The van der Waals surface area contributed by atoms with Crippen LogP contribution in [0.4, 0.5) is 5.69 Å². The number of sulfone groups is 1. The Morgan fingerprint density at radius 1 is 0.933 bits per heavy atom. The number of benzene rings is 2. The molecule has 2 aromatic rings. The van der Waals surface area contributed by atoms with Crippen LogP contribution in [0.2, 0.25) is 0 Å². The van der Waals surface area contributed by atoms with E-state index in [0.717, 1.165) is 43.4 Å². The first-order valence-corrected chi connectivity index (χ1v) is 13.0. The van der Waals surface area contributed by atoms with Crippen LogP contribution in [0.1, 0.15) is 54.7 Å². The van der Waals surface area contributed by atoms with Crippen LogP contribution >= 0.6 is 0 Å². The van der Waals surface area contributed by atoms with Crippen LogP contribution in [0.25, 0.3) is 0 Å². The Bertz CT molecular complexity index is 1090. The monoisotopic (exact) mass is 423 g/mol. The number of anilines is 1. The molecule has 4 nitrogen and oxygen atoms in total. The quantitative estimate of drug-likeness (QED) is 0.706. The predicted octanol–water partition coefficient (Wildman–Crippen LogP) is 4.65. The van der Waals surface area contributed by atoms with Crippen molar-refractivity contribution >= 4 is 21.4 Å². The third-order valence-electron chi connectivity index (χ3n) is 7.47. The van der Waals surface area contributed by atoms with Gasteiger partial charge in [-0.3, -0.25) is 4.79 Å². The minimum atomic E-state index is -3.25. The van der Waals surface area contributed by atoms with E-state index in [-0.39, 0.29) is 29.7 Å². The Morgan fingerprint density at radius 2 is 1.67 bits per heavy atom. The lowest BCUT2D eigenvalue weighted by atomic mass is 9.65.